The standard InChI is InChI=1S/C17H24N4O2S2/c1-18-17(20-9-8-16-7-4-10-24-16)21-12-14-5-3-6-15(11-14)13-25(22,23)19-2/h3-7,10-11,19H,8-9,12-13H2,1-2H3,(H2,18,20,21). The van der Waals surface area contributed by atoms with Gasteiger partial charge in [-0.1, -0.05) is 30.3 Å². The summed E-state index contributed by atoms with van der Waals surface area (Å²) in [5, 5.41) is 8.60. The fourth-order valence-corrected chi connectivity index (χ4v) is 3.76. The topological polar surface area (TPSA) is 82.6 Å². The Bertz CT molecular complexity index is 787. The molecule has 0 aliphatic rings. The van der Waals surface area contributed by atoms with Crippen molar-refractivity contribution in [2.24, 2.45) is 4.99 Å². The fraction of sp³-hybridized carbons (Fsp3) is 0.353. The van der Waals surface area contributed by atoms with Gasteiger partial charge in [0.2, 0.25) is 10.0 Å². The van der Waals surface area contributed by atoms with Gasteiger partial charge in [0.05, 0.1) is 5.75 Å². The van der Waals surface area contributed by atoms with Gasteiger partial charge in [-0.25, -0.2) is 13.1 Å². The summed E-state index contributed by atoms with van der Waals surface area (Å²) in [5.74, 6) is 0.704. The maximum Gasteiger partial charge on any atom is 0.215 e. The summed E-state index contributed by atoms with van der Waals surface area (Å²) in [6.45, 7) is 1.38. The van der Waals surface area contributed by atoms with E-state index in [9.17, 15) is 8.42 Å². The molecule has 0 saturated heterocycles. The summed E-state index contributed by atoms with van der Waals surface area (Å²) in [5.41, 5.74) is 1.76. The molecule has 0 unspecified atom stereocenters. The van der Waals surface area contributed by atoms with Gasteiger partial charge in [-0.2, -0.15) is 0 Å². The van der Waals surface area contributed by atoms with Crippen LogP contribution in [0.3, 0.4) is 0 Å². The third-order valence-corrected chi connectivity index (χ3v) is 5.86. The van der Waals surface area contributed by atoms with Gasteiger partial charge in [0.25, 0.3) is 0 Å². The van der Waals surface area contributed by atoms with Crippen LogP contribution in [0.1, 0.15) is 16.0 Å². The number of sulfonamides is 1. The Morgan fingerprint density at radius 2 is 1.96 bits per heavy atom. The maximum absolute atomic E-state index is 11.7. The summed E-state index contributed by atoms with van der Waals surface area (Å²) in [6, 6.07) is 11.7. The molecule has 0 saturated carbocycles. The lowest BCUT2D eigenvalue weighted by Crippen LogP contribution is -2.37. The Kier molecular flexibility index (Phi) is 7.42. The Labute approximate surface area is 153 Å². The average Bonchev–Trinajstić information content (AvgIpc) is 3.11. The Morgan fingerprint density at radius 3 is 2.64 bits per heavy atom. The van der Waals surface area contributed by atoms with Crippen LogP contribution in [0.25, 0.3) is 0 Å². The average molecular weight is 381 g/mol. The Balaban J connectivity index is 1.84. The minimum absolute atomic E-state index is 0.0227. The van der Waals surface area contributed by atoms with Crippen LogP contribution in [0.5, 0.6) is 0 Å². The van der Waals surface area contributed by atoms with E-state index < -0.39 is 10.0 Å². The number of rotatable bonds is 8. The van der Waals surface area contributed by atoms with Crippen LogP contribution in [-0.4, -0.2) is 35.0 Å². The number of benzene rings is 1. The van der Waals surface area contributed by atoms with Crippen molar-refractivity contribution in [1.29, 1.82) is 0 Å². The largest absolute Gasteiger partial charge is 0.356 e. The highest BCUT2D eigenvalue weighted by molar-refractivity contribution is 7.88. The smallest absolute Gasteiger partial charge is 0.215 e. The second-order valence-electron chi connectivity index (χ2n) is 5.47. The molecule has 25 heavy (non-hydrogen) atoms. The molecule has 0 radical (unpaired) electrons. The summed E-state index contributed by atoms with van der Waals surface area (Å²) in [7, 11) is -0.109. The molecule has 8 heteroatoms. The van der Waals surface area contributed by atoms with Crippen molar-refractivity contribution in [3.63, 3.8) is 0 Å². The summed E-state index contributed by atoms with van der Waals surface area (Å²) >= 11 is 1.75. The summed E-state index contributed by atoms with van der Waals surface area (Å²) in [6.07, 6.45) is 0.954. The molecule has 136 valence electrons. The third-order valence-electron chi connectivity index (χ3n) is 3.59. The number of guanidine groups is 1. The third kappa shape index (κ3) is 6.85. The SMILES string of the molecule is CN=C(NCCc1cccs1)NCc1cccc(CS(=O)(=O)NC)c1. The number of hydrogen-bond donors (Lipinski definition) is 3. The number of thiophene rings is 1. The lowest BCUT2D eigenvalue weighted by Gasteiger charge is -2.12. The molecular weight excluding hydrogens is 356 g/mol. The molecule has 0 aliphatic heterocycles. The molecule has 0 atom stereocenters. The number of aliphatic imine (C=N–C) groups is 1. The minimum Gasteiger partial charge on any atom is -0.356 e. The van der Waals surface area contributed by atoms with Gasteiger partial charge in [-0.3, -0.25) is 4.99 Å². The molecule has 0 amide bonds. The van der Waals surface area contributed by atoms with Crippen molar-refractivity contribution < 1.29 is 8.42 Å². The van der Waals surface area contributed by atoms with E-state index in [2.05, 4.69) is 31.8 Å². The van der Waals surface area contributed by atoms with Gasteiger partial charge in [0, 0.05) is 25.0 Å². The molecule has 0 fully saturated rings. The van der Waals surface area contributed by atoms with Crippen molar-refractivity contribution in [2.45, 2.75) is 18.7 Å². The van der Waals surface area contributed by atoms with Crippen molar-refractivity contribution >= 4 is 27.3 Å². The first-order valence-electron chi connectivity index (χ1n) is 7.98. The predicted octanol–water partition coefficient (Wildman–Crippen LogP) is 1.70. The minimum atomic E-state index is -3.26. The highest BCUT2D eigenvalue weighted by Crippen LogP contribution is 2.09. The molecule has 2 rings (SSSR count). The quantitative estimate of drug-likeness (QED) is 0.481. The van der Waals surface area contributed by atoms with Gasteiger partial charge in [0.15, 0.2) is 5.96 Å². The lowest BCUT2D eigenvalue weighted by molar-refractivity contribution is 0.587. The van der Waals surface area contributed by atoms with Crippen LogP contribution in [0.2, 0.25) is 0 Å². The zero-order chi connectivity index (χ0) is 18.1. The zero-order valence-corrected chi connectivity index (χ0v) is 16.1. The van der Waals surface area contributed by atoms with Crippen molar-refractivity contribution in [3.05, 3.63) is 57.8 Å². The number of hydrogen-bond acceptors (Lipinski definition) is 4. The summed E-state index contributed by atoms with van der Waals surface area (Å²) in [4.78, 5) is 5.54. The van der Waals surface area contributed by atoms with Crippen LogP contribution in [0.4, 0.5) is 0 Å². The van der Waals surface area contributed by atoms with E-state index in [-0.39, 0.29) is 5.75 Å². The molecule has 1 aromatic heterocycles. The van der Waals surface area contributed by atoms with E-state index in [1.54, 1.807) is 18.4 Å². The first kappa shape index (κ1) is 19.4. The van der Waals surface area contributed by atoms with Crippen LogP contribution < -0.4 is 15.4 Å². The van der Waals surface area contributed by atoms with E-state index in [4.69, 9.17) is 0 Å². The predicted molar refractivity (Wildman–Crippen MR) is 104 cm³/mol. The highest BCUT2D eigenvalue weighted by Gasteiger charge is 2.09. The molecule has 1 aromatic carbocycles. The molecule has 6 nitrogen and oxygen atoms in total. The van der Waals surface area contributed by atoms with Gasteiger partial charge in [-0.05, 0) is 36.0 Å². The molecule has 1 heterocycles. The highest BCUT2D eigenvalue weighted by atomic mass is 32.2. The van der Waals surface area contributed by atoms with Crippen LogP contribution in [-0.2, 0) is 28.7 Å². The van der Waals surface area contributed by atoms with Crippen LogP contribution >= 0.6 is 11.3 Å². The second kappa shape index (κ2) is 9.55. The van der Waals surface area contributed by atoms with Crippen LogP contribution in [0.15, 0.2) is 46.8 Å². The molecule has 0 bridgehead atoms. The molecule has 3 N–H and O–H groups in total. The molecular formula is C17H24N4O2S2. The first-order chi connectivity index (χ1) is 12.0. The van der Waals surface area contributed by atoms with E-state index in [1.807, 2.05) is 30.3 Å². The van der Waals surface area contributed by atoms with Gasteiger partial charge in [-0.15, -0.1) is 11.3 Å². The fourth-order valence-electron chi connectivity index (χ4n) is 2.29. The lowest BCUT2D eigenvalue weighted by atomic mass is 10.1. The van der Waals surface area contributed by atoms with E-state index >= 15 is 0 Å². The van der Waals surface area contributed by atoms with E-state index in [1.165, 1.54) is 11.9 Å². The maximum atomic E-state index is 11.7. The molecule has 0 spiro atoms. The van der Waals surface area contributed by atoms with Crippen molar-refractivity contribution in [3.8, 4) is 0 Å². The van der Waals surface area contributed by atoms with Crippen molar-refractivity contribution in [1.82, 2.24) is 15.4 Å². The number of nitrogens with zero attached hydrogens (tertiary/aromatic N) is 1. The Hall–Kier alpha value is -1.90. The molecule has 0 aliphatic carbocycles. The number of nitrogens with one attached hydrogen (secondary N) is 3. The van der Waals surface area contributed by atoms with E-state index in [0.29, 0.717) is 6.54 Å². The van der Waals surface area contributed by atoms with Crippen LogP contribution in [0, 0.1) is 0 Å². The first-order valence-corrected chi connectivity index (χ1v) is 10.5. The zero-order valence-electron chi connectivity index (χ0n) is 14.5. The van der Waals surface area contributed by atoms with Crippen molar-refractivity contribution in [2.75, 3.05) is 20.6 Å². The van der Waals surface area contributed by atoms with Gasteiger partial charge >= 0.3 is 0 Å². The second-order valence-corrected chi connectivity index (χ2v) is 8.42. The van der Waals surface area contributed by atoms with Gasteiger partial charge < -0.3 is 10.6 Å². The monoisotopic (exact) mass is 380 g/mol. The Morgan fingerprint density at radius 1 is 1.16 bits per heavy atom. The van der Waals surface area contributed by atoms with E-state index in [0.717, 1.165) is 30.1 Å². The summed E-state index contributed by atoms with van der Waals surface area (Å²) < 4.78 is 25.6. The molecule has 2 aromatic rings. The van der Waals surface area contributed by atoms with Gasteiger partial charge in [0.1, 0.15) is 0 Å². The normalized spacial score (nSPS) is 12.2.